The number of nitrogens with zero attached hydrogens (tertiary/aromatic N) is 4. The summed E-state index contributed by atoms with van der Waals surface area (Å²) in [4.78, 5) is 19.8. The normalized spacial score (nSPS) is 13.8. The maximum atomic E-state index is 14.4. The average Bonchev–Trinajstić information content (AvgIpc) is 3.42. The number of halogens is 2. The van der Waals surface area contributed by atoms with E-state index in [1.54, 1.807) is 29.1 Å². The topological polar surface area (TPSA) is 64.2 Å². The van der Waals surface area contributed by atoms with Crippen LogP contribution in [0.3, 0.4) is 0 Å². The third-order valence-corrected chi connectivity index (χ3v) is 5.54. The maximum absolute atomic E-state index is 14.4. The third kappa shape index (κ3) is 3.19. The molecule has 1 aliphatic rings. The quantitative estimate of drug-likeness (QED) is 0.458. The zero-order chi connectivity index (χ0) is 21.7. The highest BCUT2D eigenvalue weighted by atomic mass is 19.1. The lowest BCUT2D eigenvalue weighted by Gasteiger charge is -2.30. The molecule has 158 valence electrons. The van der Waals surface area contributed by atoms with Gasteiger partial charge < -0.3 is 9.32 Å². The van der Waals surface area contributed by atoms with Gasteiger partial charge in [0.05, 0.1) is 29.1 Å². The molecular weight excluding hydrogens is 402 g/mol. The number of hydrogen-bond acceptors (Lipinski definition) is 4. The van der Waals surface area contributed by atoms with Gasteiger partial charge in [-0.05, 0) is 51.0 Å². The zero-order valence-corrected chi connectivity index (χ0v) is 17.1. The number of anilines is 1. The summed E-state index contributed by atoms with van der Waals surface area (Å²) < 4.78 is 35.6. The fraction of sp³-hybridized carbons (Fsp3) is 0.261. The van der Waals surface area contributed by atoms with Crippen LogP contribution in [-0.4, -0.2) is 27.2 Å². The van der Waals surface area contributed by atoms with Gasteiger partial charge in [0.15, 0.2) is 11.4 Å². The molecule has 5 rings (SSSR count). The van der Waals surface area contributed by atoms with E-state index >= 15 is 0 Å². The highest BCUT2D eigenvalue weighted by molar-refractivity contribution is 6.14. The van der Waals surface area contributed by atoms with Crippen molar-refractivity contribution in [2.75, 3.05) is 11.4 Å². The van der Waals surface area contributed by atoms with Gasteiger partial charge in [-0.1, -0.05) is 0 Å². The molecule has 0 radical (unpaired) electrons. The summed E-state index contributed by atoms with van der Waals surface area (Å²) in [5.74, 6) is -1.17. The Labute approximate surface area is 177 Å². The van der Waals surface area contributed by atoms with Gasteiger partial charge in [0.25, 0.3) is 5.91 Å². The monoisotopic (exact) mass is 422 g/mol. The van der Waals surface area contributed by atoms with E-state index in [2.05, 4.69) is 10.1 Å². The maximum Gasteiger partial charge on any atom is 0.259 e. The number of carbonyl (C=O) groups is 1. The highest BCUT2D eigenvalue weighted by Crippen LogP contribution is 2.34. The van der Waals surface area contributed by atoms with Crippen LogP contribution >= 0.6 is 0 Å². The van der Waals surface area contributed by atoms with Crippen molar-refractivity contribution in [3.05, 3.63) is 65.6 Å². The second kappa shape index (κ2) is 7.30. The van der Waals surface area contributed by atoms with Crippen LogP contribution in [0.1, 0.15) is 42.2 Å². The van der Waals surface area contributed by atoms with Gasteiger partial charge in [-0.25, -0.2) is 18.4 Å². The predicted molar refractivity (Wildman–Crippen MR) is 112 cm³/mol. The van der Waals surface area contributed by atoms with Crippen LogP contribution in [0, 0.1) is 11.6 Å². The van der Waals surface area contributed by atoms with E-state index < -0.39 is 11.6 Å². The molecule has 6 nitrogen and oxygen atoms in total. The third-order valence-electron chi connectivity index (χ3n) is 5.54. The Morgan fingerprint density at radius 3 is 2.81 bits per heavy atom. The van der Waals surface area contributed by atoms with Crippen LogP contribution < -0.4 is 4.90 Å². The Kier molecular flexibility index (Phi) is 4.57. The molecule has 1 aromatic carbocycles. The van der Waals surface area contributed by atoms with E-state index in [-0.39, 0.29) is 17.6 Å². The number of hydrogen-bond donors (Lipinski definition) is 0. The molecule has 1 aliphatic heterocycles. The SMILES string of the molecule is CC(C)n1ncc2c(C(=O)N3CCCc4c(F)cc(F)cc43)cc(-c3ccco3)nc21. The summed E-state index contributed by atoms with van der Waals surface area (Å²) in [7, 11) is 0. The molecule has 0 atom stereocenters. The Hall–Kier alpha value is -3.55. The first kappa shape index (κ1) is 19.4. The van der Waals surface area contributed by atoms with Crippen molar-refractivity contribution in [1.82, 2.24) is 14.8 Å². The Morgan fingerprint density at radius 1 is 1.23 bits per heavy atom. The van der Waals surface area contributed by atoms with Crippen LogP contribution in [0.4, 0.5) is 14.5 Å². The Bertz CT molecular complexity index is 1290. The summed E-state index contributed by atoms with van der Waals surface area (Å²) in [6, 6.07) is 7.27. The van der Waals surface area contributed by atoms with Crippen molar-refractivity contribution >= 4 is 22.6 Å². The number of amides is 1. The minimum absolute atomic E-state index is 0.0266. The summed E-state index contributed by atoms with van der Waals surface area (Å²) in [6.07, 6.45) is 4.19. The zero-order valence-electron chi connectivity index (χ0n) is 17.1. The van der Waals surface area contributed by atoms with E-state index in [0.29, 0.717) is 53.0 Å². The van der Waals surface area contributed by atoms with E-state index in [4.69, 9.17) is 4.42 Å². The van der Waals surface area contributed by atoms with Gasteiger partial charge >= 0.3 is 0 Å². The molecule has 0 saturated carbocycles. The lowest BCUT2D eigenvalue weighted by Crippen LogP contribution is -2.36. The summed E-state index contributed by atoms with van der Waals surface area (Å²) in [6.45, 7) is 4.32. The smallest absolute Gasteiger partial charge is 0.259 e. The van der Waals surface area contributed by atoms with E-state index in [1.165, 1.54) is 17.2 Å². The van der Waals surface area contributed by atoms with Crippen molar-refractivity contribution in [3.63, 3.8) is 0 Å². The number of furan rings is 1. The van der Waals surface area contributed by atoms with Crippen LogP contribution in [0.5, 0.6) is 0 Å². The van der Waals surface area contributed by atoms with Gasteiger partial charge in [0.2, 0.25) is 0 Å². The highest BCUT2D eigenvalue weighted by Gasteiger charge is 2.29. The van der Waals surface area contributed by atoms with Crippen LogP contribution in [0.2, 0.25) is 0 Å². The standard InChI is InChI=1S/C23H20F2N4O2/c1-13(2)29-22-17(12-26-29)16(11-19(27-22)21-6-4-8-31-21)23(30)28-7-3-5-15-18(25)9-14(24)10-20(15)28/h4,6,8-13H,3,5,7H2,1-2H3. The summed E-state index contributed by atoms with van der Waals surface area (Å²) in [5, 5.41) is 4.99. The Morgan fingerprint density at radius 2 is 2.06 bits per heavy atom. The summed E-state index contributed by atoms with van der Waals surface area (Å²) in [5.41, 5.74) is 2.03. The number of aromatic nitrogens is 3. The van der Waals surface area contributed by atoms with E-state index in [1.807, 2.05) is 13.8 Å². The Balaban J connectivity index is 1.70. The molecule has 4 heterocycles. The molecule has 0 spiro atoms. The van der Waals surface area contributed by atoms with Crippen LogP contribution in [-0.2, 0) is 6.42 Å². The van der Waals surface area contributed by atoms with Crippen LogP contribution in [0.25, 0.3) is 22.5 Å². The molecular formula is C23H20F2N4O2. The van der Waals surface area contributed by atoms with Gasteiger partial charge in [0, 0.05) is 24.2 Å². The molecule has 3 aromatic heterocycles. The van der Waals surface area contributed by atoms with Crippen molar-refractivity contribution in [1.29, 1.82) is 0 Å². The van der Waals surface area contributed by atoms with Gasteiger partial charge in [-0.15, -0.1) is 0 Å². The van der Waals surface area contributed by atoms with Gasteiger partial charge in [0.1, 0.15) is 17.3 Å². The second-order valence-corrected chi connectivity index (χ2v) is 7.90. The van der Waals surface area contributed by atoms with Crippen molar-refractivity contribution in [2.45, 2.75) is 32.7 Å². The molecule has 0 bridgehead atoms. The minimum Gasteiger partial charge on any atom is -0.463 e. The molecule has 1 amide bonds. The lowest BCUT2D eigenvalue weighted by atomic mass is 9.99. The number of carbonyl (C=O) groups excluding carboxylic acids is 1. The van der Waals surface area contributed by atoms with Gasteiger partial charge in [-0.2, -0.15) is 5.10 Å². The molecule has 0 unspecified atom stereocenters. The molecule has 4 aromatic rings. The van der Waals surface area contributed by atoms with Crippen molar-refractivity contribution in [3.8, 4) is 11.5 Å². The first-order valence-electron chi connectivity index (χ1n) is 10.2. The van der Waals surface area contributed by atoms with E-state index in [9.17, 15) is 13.6 Å². The molecule has 0 aliphatic carbocycles. The summed E-state index contributed by atoms with van der Waals surface area (Å²) >= 11 is 0. The number of pyridine rings is 1. The van der Waals surface area contributed by atoms with Crippen LogP contribution in [0.15, 0.2) is 47.2 Å². The lowest BCUT2D eigenvalue weighted by molar-refractivity contribution is 0.0986. The molecule has 0 saturated heterocycles. The van der Waals surface area contributed by atoms with Crippen molar-refractivity contribution in [2.24, 2.45) is 0 Å². The van der Waals surface area contributed by atoms with E-state index in [0.717, 1.165) is 6.07 Å². The minimum atomic E-state index is -0.709. The van der Waals surface area contributed by atoms with Gasteiger partial charge in [-0.3, -0.25) is 4.79 Å². The first-order valence-corrected chi connectivity index (χ1v) is 10.2. The fourth-order valence-electron chi connectivity index (χ4n) is 4.09. The number of benzene rings is 1. The first-order chi connectivity index (χ1) is 14.9. The number of fused-ring (bicyclic) bond motifs is 2. The average molecular weight is 422 g/mol. The molecule has 31 heavy (non-hydrogen) atoms. The second-order valence-electron chi connectivity index (χ2n) is 7.90. The molecule has 0 fully saturated rings. The fourth-order valence-corrected chi connectivity index (χ4v) is 4.09. The van der Waals surface area contributed by atoms with Crippen molar-refractivity contribution < 1.29 is 18.0 Å². The largest absolute Gasteiger partial charge is 0.463 e. The molecule has 0 N–H and O–H groups in total. The molecule has 8 heteroatoms. The number of rotatable bonds is 3. The predicted octanol–water partition coefficient (Wildman–Crippen LogP) is 5.14.